The van der Waals surface area contributed by atoms with E-state index in [0.717, 1.165) is 11.1 Å². The fourth-order valence-corrected chi connectivity index (χ4v) is 5.71. The molecule has 0 saturated heterocycles. The van der Waals surface area contributed by atoms with Crippen LogP contribution in [0.3, 0.4) is 0 Å². The van der Waals surface area contributed by atoms with Gasteiger partial charge in [0, 0.05) is 19.4 Å². The van der Waals surface area contributed by atoms with E-state index in [1.54, 1.807) is 30.3 Å². The van der Waals surface area contributed by atoms with E-state index < -0.39 is 10.0 Å². The number of H-pyrrole nitrogens is 1. The highest BCUT2D eigenvalue weighted by atomic mass is 32.2. The molecule has 0 aliphatic carbocycles. The van der Waals surface area contributed by atoms with Gasteiger partial charge in [-0.3, -0.25) is 14.1 Å². The number of nitrogens with one attached hydrogen (secondary N) is 1. The fraction of sp³-hybridized carbons (Fsp3) is 0.238. The summed E-state index contributed by atoms with van der Waals surface area (Å²) in [6.07, 6.45) is 0. The lowest BCUT2D eigenvalue weighted by Crippen LogP contribution is -2.27. The summed E-state index contributed by atoms with van der Waals surface area (Å²) in [4.78, 5) is 19.0. The van der Waals surface area contributed by atoms with Gasteiger partial charge in [-0.1, -0.05) is 36.0 Å². The van der Waals surface area contributed by atoms with E-state index in [1.165, 1.54) is 43.2 Å². The van der Waals surface area contributed by atoms with E-state index >= 15 is 0 Å². The number of aromatic amines is 1. The molecule has 0 fully saturated rings. The van der Waals surface area contributed by atoms with Gasteiger partial charge in [-0.2, -0.15) is 0 Å². The number of ether oxygens (including phenoxy) is 2. The number of hydrogen-bond donors (Lipinski definition) is 1. The van der Waals surface area contributed by atoms with Gasteiger partial charge in [0.05, 0.1) is 30.6 Å². The summed E-state index contributed by atoms with van der Waals surface area (Å²) in [5.74, 6) is -0.0713. The van der Waals surface area contributed by atoms with Crippen LogP contribution in [0.25, 0.3) is 10.9 Å². The molecule has 1 atom stereocenters. The average Bonchev–Trinajstić information content (AvgIpc) is 3.39. The number of thioether (sulfide) groups is 1. The Bertz CT molecular complexity index is 1280. The highest BCUT2D eigenvalue weighted by Crippen LogP contribution is 2.34. The first-order valence-electron chi connectivity index (χ1n) is 9.43. The molecule has 1 aliphatic heterocycles. The lowest BCUT2D eigenvalue weighted by molar-refractivity contribution is -0.141. The smallest absolute Gasteiger partial charge is 0.303 e. The van der Waals surface area contributed by atoms with Crippen LogP contribution in [0.2, 0.25) is 0 Å². The van der Waals surface area contributed by atoms with E-state index in [0.29, 0.717) is 22.8 Å². The molecule has 1 unspecified atom stereocenters. The minimum absolute atomic E-state index is 0.0868. The Hall–Kier alpha value is -2.98. The Balaban J connectivity index is 1.70. The van der Waals surface area contributed by atoms with E-state index in [2.05, 4.69) is 9.98 Å². The Morgan fingerprint density at radius 1 is 1.23 bits per heavy atom. The molecule has 1 aromatic heterocycles. The number of aromatic nitrogens is 1. The SMILES string of the molecule is COc1ccccc1S(=O)(=O)N(C)c1cccc2cc(C3=NCC(OC(C)=O)S3)[nH]c12. The van der Waals surface area contributed by atoms with Crippen LogP contribution in [0.15, 0.2) is 58.4 Å². The fourth-order valence-electron chi connectivity index (χ4n) is 3.38. The van der Waals surface area contributed by atoms with Crippen molar-refractivity contribution < 1.29 is 22.7 Å². The Morgan fingerprint density at radius 3 is 2.74 bits per heavy atom. The van der Waals surface area contributed by atoms with Gasteiger partial charge in [-0.25, -0.2) is 8.42 Å². The molecule has 3 aromatic rings. The van der Waals surface area contributed by atoms with Gasteiger partial charge in [0.1, 0.15) is 15.7 Å². The van der Waals surface area contributed by atoms with Crippen LogP contribution in [0.5, 0.6) is 5.75 Å². The summed E-state index contributed by atoms with van der Waals surface area (Å²) in [7, 11) is -0.913. The minimum Gasteiger partial charge on any atom is -0.495 e. The number of fused-ring (bicyclic) bond motifs is 1. The molecule has 2 heterocycles. The number of hydrogen-bond acceptors (Lipinski definition) is 7. The molecule has 2 aromatic carbocycles. The summed E-state index contributed by atoms with van der Waals surface area (Å²) < 4.78 is 38.3. The van der Waals surface area contributed by atoms with Gasteiger partial charge < -0.3 is 14.5 Å². The number of para-hydroxylation sites is 2. The minimum atomic E-state index is -3.86. The highest BCUT2D eigenvalue weighted by molar-refractivity contribution is 8.15. The van der Waals surface area contributed by atoms with Crippen LogP contribution >= 0.6 is 11.8 Å². The van der Waals surface area contributed by atoms with Gasteiger partial charge in [-0.05, 0) is 24.3 Å². The van der Waals surface area contributed by atoms with Crippen molar-refractivity contribution in [3.63, 3.8) is 0 Å². The van der Waals surface area contributed by atoms with Crippen molar-refractivity contribution in [1.82, 2.24) is 4.98 Å². The van der Waals surface area contributed by atoms with Crippen molar-refractivity contribution in [3.05, 3.63) is 54.2 Å². The predicted molar refractivity (Wildman–Crippen MR) is 121 cm³/mol. The molecule has 0 amide bonds. The van der Waals surface area contributed by atoms with Crippen LogP contribution in [0.4, 0.5) is 5.69 Å². The first-order chi connectivity index (χ1) is 14.8. The molecule has 0 saturated carbocycles. The average molecular weight is 460 g/mol. The van der Waals surface area contributed by atoms with Crippen molar-refractivity contribution >= 4 is 49.4 Å². The third-order valence-electron chi connectivity index (χ3n) is 4.84. The molecular weight excluding hydrogens is 438 g/mol. The van der Waals surface area contributed by atoms with Crippen molar-refractivity contribution in [3.8, 4) is 5.75 Å². The Kier molecular flexibility index (Phi) is 5.67. The lowest BCUT2D eigenvalue weighted by Gasteiger charge is -2.21. The zero-order valence-corrected chi connectivity index (χ0v) is 18.8. The number of nitrogens with zero attached hydrogens (tertiary/aromatic N) is 2. The van der Waals surface area contributed by atoms with Gasteiger partial charge in [0.25, 0.3) is 10.0 Å². The number of methoxy groups -OCH3 is 1. The monoisotopic (exact) mass is 459 g/mol. The van der Waals surface area contributed by atoms with Crippen LogP contribution in [-0.2, 0) is 19.6 Å². The predicted octanol–water partition coefficient (Wildman–Crippen LogP) is 3.38. The number of esters is 1. The second-order valence-electron chi connectivity index (χ2n) is 6.85. The maximum atomic E-state index is 13.3. The van der Waals surface area contributed by atoms with Crippen molar-refractivity contribution in [2.45, 2.75) is 17.3 Å². The summed E-state index contributed by atoms with van der Waals surface area (Å²) in [5.41, 5.74) is 1.55. The maximum absolute atomic E-state index is 13.3. The molecule has 0 spiro atoms. The highest BCUT2D eigenvalue weighted by Gasteiger charge is 2.28. The van der Waals surface area contributed by atoms with Gasteiger partial charge in [0.15, 0.2) is 5.44 Å². The van der Waals surface area contributed by atoms with Crippen LogP contribution in [-0.4, -0.2) is 50.6 Å². The van der Waals surface area contributed by atoms with Gasteiger partial charge in [0.2, 0.25) is 0 Å². The van der Waals surface area contributed by atoms with Gasteiger partial charge >= 0.3 is 5.97 Å². The number of carbonyl (C=O) groups is 1. The molecular formula is C21H21N3O5S2. The summed E-state index contributed by atoms with van der Waals surface area (Å²) in [5, 5.41) is 1.55. The molecule has 0 radical (unpaired) electrons. The second kappa shape index (κ2) is 8.27. The van der Waals surface area contributed by atoms with Gasteiger partial charge in [-0.15, -0.1) is 0 Å². The van der Waals surface area contributed by atoms with Crippen LogP contribution in [0.1, 0.15) is 12.6 Å². The zero-order valence-electron chi connectivity index (χ0n) is 17.2. The Labute approximate surface area is 184 Å². The lowest BCUT2D eigenvalue weighted by atomic mass is 10.2. The molecule has 162 valence electrons. The third kappa shape index (κ3) is 4.00. The topological polar surface area (TPSA) is 101 Å². The Morgan fingerprint density at radius 2 is 2.00 bits per heavy atom. The number of benzene rings is 2. The first-order valence-corrected chi connectivity index (χ1v) is 11.8. The third-order valence-corrected chi connectivity index (χ3v) is 7.73. The zero-order chi connectivity index (χ0) is 22.2. The van der Waals surface area contributed by atoms with E-state index in [9.17, 15) is 13.2 Å². The second-order valence-corrected chi connectivity index (χ2v) is 9.94. The molecule has 1 aliphatic rings. The van der Waals surface area contributed by atoms with Crippen molar-refractivity contribution in [2.75, 3.05) is 25.0 Å². The normalized spacial score (nSPS) is 16.2. The number of sulfonamides is 1. The molecule has 31 heavy (non-hydrogen) atoms. The number of carbonyl (C=O) groups excluding carboxylic acids is 1. The summed E-state index contributed by atoms with van der Waals surface area (Å²) >= 11 is 1.36. The summed E-state index contributed by atoms with van der Waals surface area (Å²) in [6, 6.07) is 13.9. The number of rotatable bonds is 6. The van der Waals surface area contributed by atoms with Crippen LogP contribution < -0.4 is 9.04 Å². The molecule has 0 bridgehead atoms. The molecule has 10 heteroatoms. The molecule has 1 N–H and O–H groups in total. The first kappa shape index (κ1) is 21.3. The number of aliphatic imine (C=N–C) groups is 1. The van der Waals surface area contributed by atoms with Crippen molar-refractivity contribution in [1.29, 1.82) is 0 Å². The molecule has 4 rings (SSSR count). The summed E-state index contributed by atoms with van der Waals surface area (Å²) in [6.45, 7) is 1.75. The standard InChI is InChI=1S/C21H21N3O5S2/c1-13(25)29-19-12-22-21(30-19)15-11-14-7-6-8-16(20(14)23-15)24(2)31(26,27)18-10-5-4-9-17(18)28-3/h4-11,19,23H,12H2,1-3H3. The van der Waals surface area contributed by atoms with Crippen molar-refractivity contribution in [2.24, 2.45) is 4.99 Å². The number of anilines is 1. The molecule has 8 nitrogen and oxygen atoms in total. The largest absolute Gasteiger partial charge is 0.495 e. The maximum Gasteiger partial charge on any atom is 0.303 e. The van der Waals surface area contributed by atoms with E-state index in [-0.39, 0.29) is 22.1 Å². The van der Waals surface area contributed by atoms with E-state index in [1.807, 2.05) is 12.1 Å². The van der Waals surface area contributed by atoms with Crippen LogP contribution in [0, 0.1) is 0 Å². The van der Waals surface area contributed by atoms with E-state index in [4.69, 9.17) is 9.47 Å². The quantitative estimate of drug-likeness (QED) is 0.567.